The molecule has 2 aromatic heterocycles. The summed E-state index contributed by atoms with van der Waals surface area (Å²) in [5.41, 5.74) is 1.27. The molecule has 0 radical (unpaired) electrons. The number of hydrogen-bond acceptors (Lipinski definition) is 5. The molecule has 24 heavy (non-hydrogen) atoms. The van der Waals surface area contributed by atoms with Crippen molar-refractivity contribution in [3.63, 3.8) is 0 Å². The van der Waals surface area contributed by atoms with Crippen LogP contribution in [0.15, 0.2) is 18.2 Å². The number of amides is 1. The molecule has 3 aromatic rings. The lowest BCUT2D eigenvalue weighted by molar-refractivity contribution is -0.123. The van der Waals surface area contributed by atoms with Crippen LogP contribution in [0, 0.1) is 5.82 Å². The lowest BCUT2D eigenvalue weighted by atomic mass is 10.0. The summed E-state index contributed by atoms with van der Waals surface area (Å²) in [6.45, 7) is 0.981. The summed E-state index contributed by atoms with van der Waals surface area (Å²) in [4.78, 5) is 19.9. The normalized spacial score (nSPS) is 17.5. The molecule has 0 saturated carbocycles. The number of nitrogens with zero attached hydrogens (tertiary/aromatic N) is 5. The van der Waals surface area contributed by atoms with Gasteiger partial charge in [0.2, 0.25) is 5.91 Å². The number of aromatic nitrogens is 6. The molecule has 4 rings (SSSR count). The number of H-pyrrole nitrogens is 1. The zero-order valence-corrected chi connectivity index (χ0v) is 12.9. The number of nitrogens with one attached hydrogen (secondary N) is 2. The zero-order chi connectivity index (χ0) is 16.5. The number of rotatable bonds is 3. The maximum atomic E-state index is 13.2. The maximum Gasteiger partial charge on any atom is 0.231 e. The van der Waals surface area contributed by atoms with Crippen LogP contribution in [-0.4, -0.2) is 36.1 Å². The van der Waals surface area contributed by atoms with Crippen LogP contribution >= 0.6 is 0 Å². The highest BCUT2D eigenvalue weighted by Gasteiger charge is 2.28. The van der Waals surface area contributed by atoms with Crippen molar-refractivity contribution in [1.82, 2.24) is 35.5 Å². The highest BCUT2D eigenvalue weighted by atomic mass is 19.1. The quantitative estimate of drug-likeness (QED) is 0.753. The topological polar surface area (TPSA) is 101 Å². The standard InChI is InChI=1S/C15H16FN7O/c16-9-4-5-11-12(7-9)19-13(18-11)8-17-15(24)10-3-1-2-6-23-14(10)20-21-22-23/h4-5,7,10H,1-3,6,8H2,(H,17,24)(H,18,19)/t10-/m0/s1. The first kappa shape index (κ1) is 14.7. The van der Waals surface area contributed by atoms with Gasteiger partial charge in [0.05, 0.1) is 23.5 Å². The molecule has 1 aliphatic rings. The Morgan fingerprint density at radius 2 is 2.33 bits per heavy atom. The van der Waals surface area contributed by atoms with Gasteiger partial charge >= 0.3 is 0 Å². The molecule has 3 heterocycles. The van der Waals surface area contributed by atoms with E-state index in [0.717, 1.165) is 25.8 Å². The van der Waals surface area contributed by atoms with Crippen molar-refractivity contribution in [1.29, 1.82) is 0 Å². The minimum atomic E-state index is -0.357. The molecule has 9 heteroatoms. The Morgan fingerprint density at radius 3 is 3.25 bits per heavy atom. The van der Waals surface area contributed by atoms with Crippen molar-refractivity contribution < 1.29 is 9.18 Å². The van der Waals surface area contributed by atoms with E-state index >= 15 is 0 Å². The van der Waals surface area contributed by atoms with Crippen LogP contribution in [0.1, 0.15) is 36.8 Å². The van der Waals surface area contributed by atoms with Crippen molar-refractivity contribution in [2.24, 2.45) is 0 Å². The Bertz CT molecular complexity index is 887. The first-order chi connectivity index (χ1) is 11.7. The molecule has 1 aliphatic heterocycles. The van der Waals surface area contributed by atoms with Crippen LogP contribution in [-0.2, 0) is 17.9 Å². The van der Waals surface area contributed by atoms with Crippen LogP contribution < -0.4 is 5.32 Å². The molecule has 0 aliphatic carbocycles. The predicted octanol–water partition coefficient (Wildman–Crippen LogP) is 1.27. The van der Waals surface area contributed by atoms with Crippen LogP contribution in [0.3, 0.4) is 0 Å². The van der Waals surface area contributed by atoms with Crippen molar-refractivity contribution >= 4 is 16.9 Å². The monoisotopic (exact) mass is 329 g/mol. The summed E-state index contributed by atoms with van der Waals surface area (Å²) >= 11 is 0. The van der Waals surface area contributed by atoms with E-state index in [2.05, 4.69) is 30.8 Å². The second-order valence-corrected chi connectivity index (χ2v) is 5.87. The SMILES string of the molecule is O=C(NCc1nc2ccc(F)cc2[nH]1)[C@H]1CCCCn2nnnc21. The van der Waals surface area contributed by atoms with E-state index in [1.54, 1.807) is 10.7 Å². The van der Waals surface area contributed by atoms with Crippen molar-refractivity contribution in [2.75, 3.05) is 0 Å². The van der Waals surface area contributed by atoms with Crippen molar-refractivity contribution in [3.05, 3.63) is 35.7 Å². The van der Waals surface area contributed by atoms with Gasteiger partial charge in [-0.25, -0.2) is 14.1 Å². The van der Waals surface area contributed by atoms with E-state index in [-0.39, 0.29) is 24.2 Å². The number of aromatic amines is 1. The molecule has 1 atom stereocenters. The third-order valence-corrected chi connectivity index (χ3v) is 4.22. The van der Waals surface area contributed by atoms with Gasteiger partial charge in [-0.3, -0.25) is 4.79 Å². The van der Waals surface area contributed by atoms with E-state index in [0.29, 0.717) is 22.7 Å². The molecule has 0 bridgehead atoms. The molecular formula is C15H16FN7O. The first-order valence-corrected chi connectivity index (χ1v) is 7.88. The first-order valence-electron chi connectivity index (χ1n) is 7.88. The number of carbonyl (C=O) groups is 1. The summed E-state index contributed by atoms with van der Waals surface area (Å²) in [6, 6.07) is 4.34. The zero-order valence-electron chi connectivity index (χ0n) is 12.9. The molecule has 0 unspecified atom stereocenters. The van der Waals surface area contributed by atoms with Crippen LogP contribution in [0.2, 0.25) is 0 Å². The molecule has 0 spiro atoms. The minimum Gasteiger partial charge on any atom is -0.348 e. The molecule has 1 aromatic carbocycles. The van der Waals surface area contributed by atoms with Gasteiger partial charge in [0, 0.05) is 6.54 Å². The summed E-state index contributed by atoms with van der Waals surface area (Å²) in [7, 11) is 0. The van der Waals surface area contributed by atoms with Gasteiger partial charge in [-0.1, -0.05) is 6.42 Å². The lowest BCUT2D eigenvalue weighted by Gasteiger charge is -2.12. The Labute approximate surface area is 136 Å². The maximum absolute atomic E-state index is 13.2. The van der Waals surface area contributed by atoms with E-state index in [4.69, 9.17) is 0 Å². The Hall–Kier alpha value is -2.84. The number of tetrazole rings is 1. The van der Waals surface area contributed by atoms with Gasteiger partial charge in [-0.15, -0.1) is 5.10 Å². The van der Waals surface area contributed by atoms with Gasteiger partial charge in [-0.2, -0.15) is 0 Å². The van der Waals surface area contributed by atoms with E-state index in [9.17, 15) is 9.18 Å². The van der Waals surface area contributed by atoms with Crippen LogP contribution in [0.25, 0.3) is 11.0 Å². The van der Waals surface area contributed by atoms with Crippen LogP contribution in [0.4, 0.5) is 4.39 Å². The third kappa shape index (κ3) is 2.72. The Morgan fingerprint density at radius 1 is 1.42 bits per heavy atom. The lowest BCUT2D eigenvalue weighted by Crippen LogP contribution is -2.30. The fourth-order valence-corrected chi connectivity index (χ4v) is 3.02. The molecule has 0 fully saturated rings. The fraction of sp³-hybridized carbons (Fsp3) is 0.400. The Kier molecular flexibility index (Phi) is 3.68. The van der Waals surface area contributed by atoms with Gasteiger partial charge in [0.25, 0.3) is 0 Å². The molecule has 8 nitrogen and oxygen atoms in total. The van der Waals surface area contributed by atoms with Crippen molar-refractivity contribution in [3.8, 4) is 0 Å². The van der Waals surface area contributed by atoms with Gasteiger partial charge in [-0.05, 0) is 41.5 Å². The molecular weight excluding hydrogens is 313 g/mol. The van der Waals surface area contributed by atoms with Gasteiger partial charge in [0.15, 0.2) is 5.82 Å². The van der Waals surface area contributed by atoms with Gasteiger partial charge in [0.1, 0.15) is 11.6 Å². The second kappa shape index (κ2) is 5.99. The highest BCUT2D eigenvalue weighted by Crippen LogP contribution is 2.24. The summed E-state index contributed by atoms with van der Waals surface area (Å²) in [6.07, 6.45) is 2.61. The van der Waals surface area contributed by atoms with Crippen LogP contribution in [0.5, 0.6) is 0 Å². The summed E-state index contributed by atoms with van der Waals surface area (Å²) < 4.78 is 14.9. The largest absolute Gasteiger partial charge is 0.348 e. The summed E-state index contributed by atoms with van der Waals surface area (Å²) in [5, 5.41) is 14.5. The number of imidazole rings is 1. The van der Waals surface area contributed by atoms with Crippen molar-refractivity contribution in [2.45, 2.75) is 38.3 Å². The number of carbonyl (C=O) groups excluding carboxylic acids is 1. The predicted molar refractivity (Wildman–Crippen MR) is 82.3 cm³/mol. The fourth-order valence-electron chi connectivity index (χ4n) is 3.02. The Balaban J connectivity index is 1.48. The molecule has 124 valence electrons. The highest BCUT2D eigenvalue weighted by molar-refractivity contribution is 5.82. The molecule has 2 N–H and O–H groups in total. The van der Waals surface area contributed by atoms with E-state index in [1.165, 1.54) is 12.1 Å². The van der Waals surface area contributed by atoms with E-state index in [1.807, 2.05) is 0 Å². The summed E-state index contributed by atoms with van der Waals surface area (Å²) in [5.74, 6) is 0.379. The minimum absolute atomic E-state index is 0.125. The number of hydrogen-bond donors (Lipinski definition) is 2. The number of halogens is 1. The van der Waals surface area contributed by atoms with E-state index < -0.39 is 0 Å². The molecule has 1 amide bonds. The average Bonchev–Trinajstić information content (AvgIpc) is 3.14. The third-order valence-electron chi connectivity index (χ3n) is 4.22. The molecule has 0 saturated heterocycles. The second-order valence-electron chi connectivity index (χ2n) is 5.87. The number of aryl methyl sites for hydroxylation is 1. The van der Waals surface area contributed by atoms with Gasteiger partial charge < -0.3 is 10.3 Å². The number of fused-ring (bicyclic) bond motifs is 2. The number of benzene rings is 1. The average molecular weight is 329 g/mol. The smallest absolute Gasteiger partial charge is 0.231 e.